The summed E-state index contributed by atoms with van der Waals surface area (Å²) in [6.07, 6.45) is 5.63. The molecule has 0 bridgehead atoms. The fraction of sp³-hybridized carbons (Fsp3) is 0.938. The van der Waals surface area contributed by atoms with Gasteiger partial charge < -0.3 is 15.7 Å². The molecule has 0 saturated carbocycles. The highest BCUT2D eigenvalue weighted by Crippen LogP contribution is 2.22. The van der Waals surface area contributed by atoms with Gasteiger partial charge in [0.2, 0.25) is 0 Å². The summed E-state index contributed by atoms with van der Waals surface area (Å²) >= 11 is 0. The third-order valence-corrected chi connectivity index (χ3v) is 2.11. The number of nitrogens with two attached hydrogens (primary N) is 1. The summed E-state index contributed by atoms with van der Waals surface area (Å²) in [7, 11) is 6.00. The zero-order valence-electron chi connectivity index (χ0n) is 14.8. The minimum atomic E-state index is -0.675. The lowest BCUT2D eigenvalue weighted by Crippen LogP contribution is -2.04. The molecule has 0 aromatic heterocycles. The van der Waals surface area contributed by atoms with E-state index in [1.54, 1.807) is 0 Å². The number of rotatable bonds is 6. The van der Waals surface area contributed by atoms with Gasteiger partial charge in [-0.15, -0.1) is 0 Å². The molecular weight excluding hydrogens is 252 g/mol. The molecule has 0 aromatic rings. The van der Waals surface area contributed by atoms with Crippen molar-refractivity contribution in [3.63, 3.8) is 0 Å². The zero-order valence-corrected chi connectivity index (χ0v) is 14.8. The van der Waals surface area contributed by atoms with E-state index in [0.717, 1.165) is 32.2 Å². The van der Waals surface area contributed by atoms with Crippen molar-refractivity contribution < 1.29 is 9.90 Å². The molecule has 0 radical (unpaired) electrons. The summed E-state index contributed by atoms with van der Waals surface area (Å²) in [6, 6.07) is 0. The second kappa shape index (κ2) is 16.4. The summed E-state index contributed by atoms with van der Waals surface area (Å²) in [4.78, 5) is 12.2. The highest BCUT2D eigenvalue weighted by atomic mass is 16.4. The third kappa shape index (κ3) is 53.0. The van der Waals surface area contributed by atoms with Crippen molar-refractivity contribution in [2.45, 2.75) is 66.2 Å². The van der Waals surface area contributed by atoms with Crippen molar-refractivity contribution in [3.05, 3.63) is 0 Å². The molecule has 4 nitrogen and oxygen atoms in total. The van der Waals surface area contributed by atoms with Gasteiger partial charge in [-0.25, -0.2) is 0 Å². The average Bonchev–Trinajstić information content (AvgIpc) is 2.26. The maximum absolute atomic E-state index is 10.2. The lowest BCUT2D eigenvalue weighted by atomic mass is 9.89. The molecule has 0 fully saturated rings. The maximum Gasteiger partial charge on any atom is 0.303 e. The molecule has 0 heterocycles. The van der Waals surface area contributed by atoms with Crippen LogP contribution in [0.15, 0.2) is 0 Å². The van der Waals surface area contributed by atoms with Crippen LogP contribution in [-0.4, -0.2) is 43.7 Å². The van der Waals surface area contributed by atoms with Crippen molar-refractivity contribution in [1.29, 1.82) is 0 Å². The van der Waals surface area contributed by atoms with Crippen LogP contribution in [0.25, 0.3) is 0 Å². The summed E-state index contributed by atoms with van der Waals surface area (Å²) in [5.41, 5.74) is 5.42. The van der Waals surface area contributed by atoms with Crippen LogP contribution in [0, 0.1) is 5.41 Å². The van der Waals surface area contributed by atoms with Crippen LogP contribution >= 0.6 is 0 Å². The van der Waals surface area contributed by atoms with E-state index in [1.165, 1.54) is 6.42 Å². The number of hydrogen-bond acceptors (Lipinski definition) is 3. The number of nitrogens with zero attached hydrogens (tertiary/aromatic N) is 1. The first-order valence-corrected chi connectivity index (χ1v) is 7.59. The molecule has 124 valence electrons. The lowest BCUT2D eigenvalue weighted by molar-refractivity contribution is -0.137. The molecule has 0 aliphatic rings. The van der Waals surface area contributed by atoms with Gasteiger partial charge >= 0.3 is 5.97 Å². The molecule has 0 aliphatic heterocycles. The fourth-order valence-corrected chi connectivity index (χ4v) is 1.11. The Morgan fingerprint density at radius 2 is 1.50 bits per heavy atom. The van der Waals surface area contributed by atoms with Crippen LogP contribution in [-0.2, 0) is 4.79 Å². The third-order valence-electron chi connectivity index (χ3n) is 2.11. The van der Waals surface area contributed by atoms with E-state index >= 15 is 0 Å². The minimum absolute atomic E-state index is 0.324. The van der Waals surface area contributed by atoms with E-state index < -0.39 is 5.97 Å². The molecule has 0 saturated heterocycles. The monoisotopic (exact) mass is 290 g/mol. The highest BCUT2D eigenvalue weighted by Gasteiger charge is 2.08. The van der Waals surface area contributed by atoms with Crippen LogP contribution in [0.4, 0.5) is 0 Å². The molecule has 0 amide bonds. The molecule has 0 spiro atoms. The normalized spacial score (nSPS) is 10.2. The Hall–Kier alpha value is -0.610. The first-order chi connectivity index (χ1) is 9.06. The molecule has 0 atom stereocenters. The van der Waals surface area contributed by atoms with Crippen LogP contribution in [0.3, 0.4) is 0 Å². The predicted molar refractivity (Wildman–Crippen MR) is 89.1 cm³/mol. The Morgan fingerprint density at radius 3 is 1.75 bits per heavy atom. The Morgan fingerprint density at radius 1 is 1.10 bits per heavy atom. The molecule has 20 heavy (non-hydrogen) atoms. The van der Waals surface area contributed by atoms with Gasteiger partial charge in [-0.2, -0.15) is 0 Å². The molecule has 3 N–H and O–H groups in total. The van der Waals surface area contributed by atoms with Gasteiger partial charge in [-0.3, -0.25) is 4.79 Å². The van der Waals surface area contributed by atoms with Crippen molar-refractivity contribution in [2.75, 3.05) is 27.7 Å². The summed E-state index contributed by atoms with van der Waals surface area (Å²) in [5.74, 6) is -0.675. The lowest BCUT2D eigenvalue weighted by Gasteiger charge is -2.17. The van der Waals surface area contributed by atoms with Crippen LogP contribution in [0.2, 0.25) is 0 Å². The number of unbranched alkanes of at least 4 members (excludes halogenated alkanes) is 2. The quantitative estimate of drug-likeness (QED) is 0.733. The van der Waals surface area contributed by atoms with Crippen molar-refractivity contribution in [1.82, 2.24) is 4.90 Å². The minimum Gasteiger partial charge on any atom is -0.481 e. The molecule has 0 rings (SSSR count). The van der Waals surface area contributed by atoms with Gasteiger partial charge in [0.25, 0.3) is 0 Å². The Kier molecular flexibility index (Phi) is 20.1. The number of aliphatic carboxylic acids is 1. The van der Waals surface area contributed by atoms with E-state index in [2.05, 4.69) is 27.7 Å². The Labute approximate surface area is 126 Å². The standard InChI is InChI=1S/C10H20O2.2C3H9N/c1-10(2,3)8-6-4-5-7-9(11)12;1-4(2)3;1-2-3-4/h4-8H2,1-3H3,(H,11,12);1-3H3;2-4H2,1H3. The van der Waals surface area contributed by atoms with E-state index in [-0.39, 0.29) is 0 Å². The van der Waals surface area contributed by atoms with Gasteiger partial charge in [-0.05, 0) is 52.4 Å². The smallest absolute Gasteiger partial charge is 0.303 e. The summed E-state index contributed by atoms with van der Waals surface area (Å²) < 4.78 is 0. The molecule has 4 heteroatoms. The highest BCUT2D eigenvalue weighted by molar-refractivity contribution is 5.66. The fourth-order valence-electron chi connectivity index (χ4n) is 1.11. The largest absolute Gasteiger partial charge is 0.481 e. The Bertz CT molecular complexity index is 194. The molecule has 0 unspecified atom stereocenters. The second-order valence-corrected chi connectivity index (χ2v) is 6.65. The zero-order chi connectivity index (χ0) is 16.6. The maximum atomic E-state index is 10.2. The van der Waals surface area contributed by atoms with Crippen LogP contribution in [0.5, 0.6) is 0 Å². The SMILES string of the molecule is CC(C)(C)CCCCCC(=O)O.CCCN.CN(C)C. The molecular formula is C16H38N2O2. The second-order valence-electron chi connectivity index (χ2n) is 6.65. The van der Waals surface area contributed by atoms with Gasteiger partial charge in [0.1, 0.15) is 0 Å². The van der Waals surface area contributed by atoms with Crippen molar-refractivity contribution in [2.24, 2.45) is 11.1 Å². The summed E-state index contributed by atoms with van der Waals surface area (Å²) in [5, 5.41) is 8.37. The topological polar surface area (TPSA) is 66.6 Å². The molecule has 0 aromatic carbocycles. The first-order valence-electron chi connectivity index (χ1n) is 7.59. The van der Waals surface area contributed by atoms with E-state index in [0.29, 0.717) is 11.8 Å². The van der Waals surface area contributed by atoms with Crippen LogP contribution < -0.4 is 5.73 Å². The van der Waals surface area contributed by atoms with E-state index in [1.807, 2.05) is 26.0 Å². The van der Waals surface area contributed by atoms with E-state index in [4.69, 9.17) is 10.8 Å². The average molecular weight is 290 g/mol. The summed E-state index contributed by atoms with van der Waals surface area (Å²) in [6.45, 7) is 9.51. The van der Waals surface area contributed by atoms with Crippen molar-refractivity contribution >= 4 is 5.97 Å². The van der Waals surface area contributed by atoms with E-state index in [9.17, 15) is 4.79 Å². The predicted octanol–water partition coefficient (Wildman–Crippen LogP) is 3.60. The molecule has 0 aliphatic carbocycles. The van der Waals surface area contributed by atoms with Gasteiger partial charge in [0.05, 0.1) is 0 Å². The number of carboxylic acid groups (broad SMARTS) is 1. The van der Waals surface area contributed by atoms with Crippen LogP contribution in [0.1, 0.15) is 66.2 Å². The van der Waals surface area contributed by atoms with Gasteiger partial charge in [-0.1, -0.05) is 40.5 Å². The number of carbonyl (C=O) groups is 1. The Balaban J connectivity index is -0.000000297. The number of carboxylic acids is 1. The van der Waals surface area contributed by atoms with Gasteiger partial charge in [0, 0.05) is 6.42 Å². The van der Waals surface area contributed by atoms with Crippen molar-refractivity contribution in [3.8, 4) is 0 Å². The number of hydrogen-bond donors (Lipinski definition) is 2. The van der Waals surface area contributed by atoms with Gasteiger partial charge in [0.15, 0.2) is 0 Å². The first kappa shape index (κ1) is 24.4.